The van der Waals surface area contributed by atoms with Crippen molar-refractivity contribution in [2.24, 2.45) is 0 Å². The standard InChI is InChI=1S/C14H13ClN4O/c1-2-20-12-4-3-9(7-11(12)16)14-18-17-13-8-10(15)5-6-19(13)14/h3-8H,2,16H2,1H3. The average Bonchev–Trinajstić information content (AvgIpc) is 2.84. The van der Waals surface area contributed by atoms with E-state index in [1.807, 2.05) is 35.7 Å². The molecular weight excluding hydrogens is 276 g/mol. The van der Waals surface area contributed by atoms with Gasteiger partial charge in [-0.1, -0.05) is 11.6 Å². The number of nitrogen functional groups attached to an aromatic ring is 1. The fourth-order valence-corrected chi connectivity index (χ4v) is 2.19. The van der Waals surface area contributed by atoms with Crippen LogP contribution in [0.5, 0.6) is 5.75 Å². The molecule has 20 heavy (non-hydrogen) atoms. The summed E-state index contributed by atoms with van der Waals surface area (Å²) in [6.07, 6.45) is 1.83. The molecular formula is C14H13ClN4O. The number of fused-ring (bicyclic) bond motifs is 1. The van der Waals surface area contributed by atoms with E-state index < -0.39 is 0 Å². The summed E-state index contributed by atoms with van der Waals surface area (Å²) in [5.41, 5.74) is 8.13. The summed E-state index contributed by atoms with van der Waals surface area (Å²) >= 11 is 5.94. The Morgan fingerprint density at radius 2 is 2.10 bits per heavy atom. The summed E-state index contributed by atoms with van der Waals surface area (Å²) in [6, 6.07) is 9.13. The fraction of sp³-hybridized carbons (Fsp3) is 0.143. The number of nitrogens with zero attached hydrogens (tertiary/aromatic N) is 3. The van der Waals surface area contributed by atoms with Crippen molar-refractivity contribution in [1.82, 2.24) is 14.6 Å². The van der Waals surface area contributed by atoms with Crippen molar-refractivity contribution < 1.29 is 4.74 Å². The molecule has 3 aromatic rings. The van der Waals surface area contributed by atoms with E-state index in [0.717, 1.165) is 5.56 Å². The molecule has 0 fully saturated rings. The van der Waals surface area contributed by atoms with E-state index in [0.29, 0.717) is 34.5 Å². The van der Waals surface area contributed by atoms with E-state index in [2.05, 4.69) is 10.2 Å². The van der Waals surface area contributed by atoms with Crippen molar-refractivity contribution in [3.05, 3.63) is 41.6 Å². The lowest BCUT2D eigenvalue weighted by molar-refractivity contribution is 0.342. The van der Waals surface area contributed by atoms with Crippen molar-refractivity contribution in [3.8, 4) is 17.1 Å². The highest BCUT2D eigenvalue weighted by molar-refractivity contribution is 6.30. The number of ether oxygens (including phenoxy) is 1. The molecule has 0 aliphatic heterocycles. The molecule has 5 nitrogen and oxygen atoms in total. The van der Waals surface area contributed by atoms with E-state index >= 15 is 0 Å². The van der Waals surface area contributed by atoms with Crippen LogP contribution in [0.3, 0.4) is 0 Å². The van der Waals surface area contributed by atoms with Crippen LogP contribution in [0.4, 0.5) is 5.69 Å². The second kappa shape index (κ2) is 5.02. The van der Waals surface area contributed by atoms with Crippen LogP contribution in [0.2, 0.25) is 5.02 Å². The molecule has 2 N–H and O–H groups in total. The van der Waals surface area contributed by atoms with Gasteiger partial charge in [-0.2, -0.15) is 0 Å². The summed E-state index contributed by atoms with van der Waals surface area (Å²) < 4.78 is 7.29. The molecule has 0 bridgehead atoms. The van der Waals surface area contributed by atoms with Gasteiger partial charge in [-0.3, -0.25) is 4.40 Å². The Morgan fingerprint density at radius 1 is 1.25 bits per heavy atom. The normalized spacial score (nSPS) is 10.9. The van der Waals surface area contributed by atoms with Gasteiger partial charge in [-0.05, 0) is 31.2 Å². The number of hydrogen-bond donors (Lipinski definition) is 1. The van der Waals surface area contributed by atoms with Crippen LogP contribution >= 0.6 is 11.6 Å². The van der Waals surface area contributed by atoms with Crippen LogP contribution in [0.1, 0.15) is 6.92 Å². The Bertz CT molecular complexity index is 769. The lowest BCUT2D eigenvalue weighted by atomic mass is 10.2. The van der Waals surface area contributed by atoms with Crippen molar-refractivity contribution in [3.63, 3.8) is 0 Å². The van der Waals surface area contributed by atoms with Crippen LogP contribution in [0.15, 0.2) is 36.5 Å². The summed E-state index contributed by atoms with van der Waals surface area (Å²) in [6.45, 7) is 2.50. The van der Waals surface area contributed by atoms with Gasteiger partial charge < -0.3 is 10.5 Å². The third kappa shape index (κ3) is 2.16. The lowest BCUT2D eigenvalue weighted by Crippen LogP contribution is -1.97. The molecule has 0 atom stereocenters. The van der Waals surface area contributed by atoms with Crippen molar-refractivity contribution >= 4 is 22.9 Å². The highest BCUT2D eigenvalue weighted by atomic mass is 35.5. The number of anilines is 1. The molecule has 0 aliphatic carbocycles. The molecule has 102 valence electrons. The second-order valence-corrected chi connectivity index (χ2v) is 4.72. The number of benzene rings is 1. The minimum Gasteiger partial charge on any atom is -0.492 e. The van der Waals surface area contributed by atoms with Gasteiger partial charge >= 0.3 is 0 Å². The molecule has 2 aromatic heterocycles. The Morgan fingerprint density at radius 3 is 2.85 bits per heavy atom. The molecule has 0 spiro atoms. The van der Waals surface area contributed by atoms with E-state index in [-0.39, 0.29) is 0 Å². The number of rotatable bonds is 3. The molecule has 2 heterocycles. The van der Waals surface area contributed by atoms with Crippen LogP contribution in [0, 0.1) is 0 Å². The number of aromatic nitrogens is 3. The molecule has 0 radical (unpaired) electrons. The molecule has 0 saturated heterocycles. The van der Waals surface area contributed by atoms with Crippen molar-refractivity contribution in [2.75, 3.05) is 12.3 Å². The van der Waals surface area contributed by atoms with E-state index in [1.165, 1.54) is 0 Å². The zero-order valence-corrected chi connectivity index (χ0v) is 11.6. The Kier molecular flexibility index (Phi) is 3.20. The first kappa shape index (κ1) is 12.7. The molecule has 0 saturated carbocycles. The number of pyridine rings is 1. The minimum absolute atomic E-state index is 0.579. The first-order valence-electron chi connectivity index (χ1n) is 6.22. The highest BCUT2D eigenvalue weighted by Gasteiger charge is 2.10. The lowest BCUT2D eigenvalue weighted by Gasteiger charge is -2.08. The maximum atomic E-state index is 5.98. The monoisotopic (exact) mass is 288 g/mol. The van der Waals surface area contributed by atoms with Crippen molar-refractivity contribution in [2.45, 2.75) is 6.92 Å². The van der Waals surface area contributed by atoms with Crippen LogP contribution < -0.4 is 10.5 Å². The summed E-state index contributed by atoms with van der Waals surface area (Å²) in [5.74, 6) is 1.39. The first-order valence-corrected chi connectivity index (χ1v) is 6.60. The number of hydrogen-bond acceptors (Lipinski definition) is 4. The second-order valence-electron chi connectivity index (χ2n) is 4.28. The maximum absolute atomic E-state index is 5.98. The molecule has 6 heteroatoms. The van der Waals surface area contributed by atoms with Gasteiger partial charge in [0.25, 0.3) is 0 Å². The van der Waals surface area contributed by atoms with Gasteiger partial charge in [0.1, 0.15) is 5.75 Å². The zero-order valence-electron chi connectivity index (χ0n) is 10.9. The largest absolute Gasteiger partial charge is 0.492 e. The van der Waals surface area contributed by atoms with Gasteiger partial charge in [0.2, 0.25) is 0 Å². The van der Waals surface area contributed by atoms with Crippen LogP contribution in [-0.4, -0.2) is 21.2 Å². The molecule has 3 rings (SSSR count). The average molecular weight is 289 g/mol. The van der Waals surface area contributed by atoms with Gasteiger partial charge in [0.15, 0.2) is 11.5 Å². The number of nitrogens with two attached hydrogens (primary N) is 1. The molecule has 0 unspecified atom stereocenters. The van der Waals surface area contributed by atoms with Crippen molar-refractivity contribution in [1.29, 1.82) is 0 Å². The fourth-order valence-electron chi connectivity index (χ4n) is 2.04. The summed E-state index contributed by atoms with van der Waals surface area (Å²) in [5, 5.41) is 8.91. The first-order chi connectivity index (χ1) is 9.69. The van der Waals surface area contributed by atoms with Gasteiger partial charge in [0.05, 0.1) is 12.3 Å². The van der Waals surface area contributed by atoms with E-state index in [4.69, 9.17) is 22.1 Å². The summed E-state index contributed by atoms with van der Waals surface area (Å²) in [7, 11) is 0. The van der Waals surface area contributed by atoms with Gasteiger partial charge in [-0.15, -0.1) is 10.2 Å². The molecule has 1 aromatic carbocycles. The van der Waals surface area contributed by atoms with Crippen LogP contribution in [0.25, 0.3) is 17.0 Å². The quantitative estimate of drug-likeness (QED) is 0.752. The topological polar surface area (TPSA) is 65.4 Å². The maximum Gasteiger partial charge on any atom is 0.168 e. The van der Waals surface area contributed by atoms with Gasteiger partial charge in [0, 0.05) is 22.8 Å². The molecule has 0 aliphatic rings. The highest BCUT2D eigenvalue weighted by Crippen LogP contribution is 2.28. The minimum atomic E-state index is 0.579. The van der Waals surface area contributed by atoms with E-state index in [1.54, 1.807) is 12.1 Å². The summed E-state index contributed by atoms with van der Waals surface area (Å²) in [4.78, 5) is 0. The predicted octanol–water partition coefficient (Wildman–Crippen LogP) is 3.03. The third-order valence-electron chi connectivity index (χ3n) is 2.94. The Hall–Kier alpha value is -2.27. The Labute approximate surface area is 121 Å². The third-order valence-corrected chi connectivity index (χ3v) is 3.17. The number of halogens is 1. The smallest absolute Gasteiger partial charge is 0.168 e. The predicted molar refractivity (Wildman–Crippen MR) is 79.0 cm³/mol. The van der Waals surface area contributed by atoms with Gasteiger partial charge in [-0.25, -0.2) is 0 Å². The Balaban J connectivity index is 2.09. The SMILES string of the molecule is CCOc1ccc(-c2nnc3cc(Cl)ccn23)cc1N. The van der Waals surface area contributed by atoms with E-state index in [9.17, 15) is 0 Å². The molecule has 0 amide bonds. The zero-order chi connectivity index (χ0) is 14.1. The van der Waals surface area contributed by atoms with Crippen LogP contribution in [-0.2, 0) is 0 Å².